The van der Waals surface area contributed by atoms with Crippen molar-refractivity contribution in [3.05, 3.63) is 11.4 Å². The Balaban J connectivity index is 2.07. The largest absolute Gasteiger partial charge is 0.337 e. The average molecular weight is 287 g/mol. The Morgan fingerprint density at radius 3 is 2.50 bits per heavy atom. The van der Waals surface area contributed by atoms with Crippen molar-refractivity contribution in [3.8, 4) is 0 Å². The molecule has 0 saturated heterocycles. The fraction of sp³-hybridized carbons (Fsp3) is 0.769. The Morgan fingerprint density at radius 2 is 1.95 bits per heavy atom. The molecule has 1 amide bonds. The van der Waals surface area contributed by atoms with Crippen molar-refractivity contribution in [2.24, 2.45) is 0 Å². The van der Waals surface area contributed by atoms with Gasteiger partial charge in [-0.25, -0.2) is 13.4 Å². The van der Waals surface area contributed by atoms with Gasteiger partial charge in [-0.15, -0.1) is 0 Å². The number of halogens is 2. The van der Waals surface area contributed by atoms with Crippen LogP contribution in [0.4, 0.5) is 8.78 Å². The minimum absolute atomic E-state index is 0.0179. The lowest BCUT2D eigenvalue weighted by Crippen LogP contribution is -2.42. The zero-order chi connectivity index (χ0) is 14.9. The SMILES string of the molecule is CC(C)c1nonc1C(=O)N(C)C1CCC(F)(F)CC1. The minimum Gasteiger partial charge on any atom is -0.337 e. The van der Waals surface area contributed by atoms with E-state index in [1.165, 1.54) is 4.90 Å². The Kier molecular flexibility index (Phi) is 4.06. The number of alkyl halides is 2. The molecule has 1 aliphatic rings. The van der Waals surface area contributed by atoms with Crippen LogP contribution in [0.25, 0.3) is 0 Å². The standard InChI is InChI=1S/C13H19F2N3O2/c1-8(2)10-11(17-20-16-10)12(19)18(3)9-4-6-13(14,15)7-5-9/h8-9H,4-7H2,1-3H3. The lowest BCUT2D eigenvalue weighted by atomic mass is 9.91. The second kappa shape index (κ2) is 5.46. The molecular formula is C13H19F2N3O2. The highest BCUT2D eigenvalue weighted by Gasteiger charge is 2.38. The van der Waals surface area contributed by atoms with Crippen LogP contribution in [0.5, 0.6) is 0 Å². The number of hydrogen-bond acceptors (Lipinski definition) is 4. The summed E-state index contributed by atoms with van der Waals surface area (Å²) in [6.07, 6.45) is 0.252. The van der Waals surface area contributed by atoms with Gasteiger partial charge in [0, 0.05) is 31.8 Å². The monoisotopic (exact) mass is 287 g/mol. The predicted molar refractivity (Wildman–Crippen MR) is 67.7 cm³/mol. The fourth-order valence-electron chi connectivity index (χ4n) is 2.47. The fourth-order valence-corrected chi connectivity index (χ4v) is 2.47. The van der Waals surface area contributed by atoms with Gasteiger partial charge >= 0.3 is 0 Å². The van der Waals surface area contributed by atoms with Crippen LogP contribution in [0.1, 0.15) is 61.6 Å². The van der Waals surface area contributed by atoms with Gasteiger partial charge in [-0.05, 0) is 18.0 Å². The topological polar surface area (TPSA) is 59.2 Å². The maximum Gasteiger partial charge on any atom is 0.278 e. The molecule has 0 spiro atoms. The van der Waals surface area contributed by atoms with Gasteiger partial charge < -0.3 is 4.90 Å². The minimum atomic E-state index is -2.60. The zero-order valence-electron chi connectivity index (χ0n) is 11.9. The Morgan fingerprint density at radius 1 is 1.35 bits per heavy atom. The molecule has 0 N–H and O–H groups in total. The molecule has 0 radical (unpaired) electrons. The van der Waals surface area contributed by atoms with Crippen LogP contribution >= 0.6 is 0 Å². The van der Waals surface area contributed by atoms with Crippen LogP contribution in [0, 0.1) is 0 Å². The number of carbonyl (C=O) groups is 1. The molecule has 1 aromatic heterocycles. The molecule has 1 fully saturated rings. The molecule has 5 nitrogen and oxygen atoms in total. The second-order valence-electron chi connectivity index (χ2n) is 5.66. The first-order valence-corrected chi connectivity index (χ1v) is 6.79. The highest BCUT2D eigenvalue weighted by molar-refractivity contribution is 5.93. The molecule has 0 bridgehead atoms. The maximum absolute atomic E-state index is 13.1. The number of amides is 1. The molecule has 1 heterocycles. The summed E-state index contributed by atoms with van der Waals surface area (Å²) in [7, 11) is 1.62. The van der Waals surface area contributed by atoms with Crippen LogP contribution in [-0.2, 0) is 0 Å². The molecule has 0 atom stereocenters. The Bertz CT molecular complexity index is 478. The van der Waals surface area contributed by atoms with E-state index in [4.69, 9.17) is 0 Å². The van der Waals surface area contributed by atoms with Crippen LogP contribution in [0.15, 0.2) is 4.63 Å². The summed E-state index contributed by atoms with van der Waals surface area (Å²) >= 11 is 0. The highest BCUT2D eigenvalue weighted by Crippen LogP contribution is 2.35. The number of rotatable bonds is 3. The van der Waals surface area contributed by atoms with Crippen molar-refractivity contribution in [1.82, 2.24) is 15.2 Å². The molecule has 7 heteroatoms. The number of hydrogen-bond donors (Lipinski definition) is 0. The smallest absolute Gasteiger partial charge is 0.278 e. The molecule has 112 valence electrons. The third-order valence-electron chi connectivity index (χ3n) is 3.82. The van der Waals surface area contributed by atoms with Crippen molar-refractivity contribution in [2.75, 3.05) is 7.05 Å². The van der Waals surface area contributed by atoms with Gasteiger partial charge in [0.2, 0.25) is 5.92 Å². The predicted octanol–water partition coefficient (Wildman–Crippen LogP) is 2.84. The highest BCUT2D eigenvalue weighted by atomic mass is 19.3. The molecule has 0 aliphatic heterocycles. The Labute approximate surface area is 116 Å². The van der Waals surface area contributed by atoms with E-state index in [1.807, 2.05) is 13.8 Å². The third kappa shape index (κ3) is 2.96. The molecule has 1 saturated carbocycles. The van der Waals surface area contributed by atoms with Crippen LogP contribution in [0.3, 0.4) is 0 Å². The summed E-state index contributed by atoms with van der Waals surface area (Å²) in [5, 5.41) is 7.39. The summed E-state index contributed by atoms with van der Waals surface area (Å²) in [5.74, 6) is -2.90. The number of nitrogens with zero attached hydrogens (tertiary/aromatic N) is 3. The van der Waals surface area contributed by atoms with Gasteiger partial charge in [0.15, 0.2) is 5.69 Å². The first-order chi connectivity index (χ1) is 9.32. The molecule has 20 heavy (non-hydrogen) atoms. The lowest BCUT2D eigenvalue weighted by Gasteiger charge is -2.34. The van der Waals surface area contributed by atoms with E-state index in [2.05, 4.69) is 14.9 Å². The van der Waals surface area contributed by atoms with E-state index in [0.717, 1.165) is 0 Å². The summed E-state index contributed by atoms with van der Waals surface area (Å²) in [5.41, 5.74) is 0.683. The van der Waals surface area contributed by atoms with Gasteiger partial charge in [-0.2, -0.15) is 0 Å². The third-order valence-corrected chi connectivity index (χ3v) is 3.82. The summed E-state index contributed by atoms with van der Waals surface area (Å²) in [6, 6.07) is -0.182. The molecule has 1 aromatic rings. The number of carbonyl (C=O) groups excluding carboxylic acids is 1. The molecule has 2 rings (SSSR count). The average Bonchev–Trinajstić information content (AvgIpc) is 2.86. The normalized spacial score (nSPS) is 19.3. The lowest BCUT2D eigenvalue weighted by molar-refractivity contribution is -0.0491. The summed E-state index contributed by atoms with van der Waals surface area (Å²) in [4.78, 5) is 13.9. The van der Waals surface area contributed by atoms with E-state index in [1.54, 1.807) is 7.05 Å². The van der Waals surface area contributed by atoms with Gasteiger partial charge in [0.1, 0.15) is 5.69 Å². The summed E-state index contributed by atoms with van der Waals surface area (Å²) in [6.45, 7) is 3.77. The van der Waals surface area contributed by atoms with Gasteiger partial charge in [0.25, 0.3) is 5.91 Å². The van der Waals surface area contributed by atoms with Gasteiger partial charge in [-0.1, -0.05) is 19.0 Å². The molecule has 1 aliphatic carbocycles. The van der Waals surface area contributed by atoms with E-state index in [9.17, 15) is 13.6 Å². The first kappa shape index (κ1) is 14.9. The van der Waals surface area contributed by atoms with E-state index in [0.29, 0.717) is 18.5 Å². The van der Waals surface area contributed by atoms with Crippen molar-refractivity contribution in [3.63, 3.8) is 0 Å². The summed E-state index contributed by atoms with van der Waals surface area (Å²) < 4.78 is 30.9. The van der Waals surface area contributed by atoms with Gasteiger partial charge in [0.05, 0.1) is 0 Å². The van der Waals surface area contributed by atoms with Crippen molar-refractivity contribution in [1.29, 1.82) is 0 Å². The van der Waals surface area contributed by atoms with Crippen LogP contribution in [-0.4, -0.2) is 40.1 Å². The Hall–Kier alpha value is -1.53. The zero-order valence-corrected chi connectivity index (χ0v) is 11.9. The van der Waals surface area contributed by atoms with Crippen molar-refractivity contribution >= 4 is 5.91 Å². The molecule has 0 unspecified atom stereocenters. The quantitative estimate of drug-likeness (QED) is 0.857. The van der Waals surface area contributed by atoms with Crippen molar-refractivity contribution < 1.29 is 18.2 Å². The van der Waals surface area contributed by atoms with Crippen LogP contribution in [0.2, 0.25) is 0 Å². The van der Waals surface area contributed by atoms with E-state index in [-0.39, 0.29) is 36.4 Å². The van der Waals surface area contributed by atoms with E-state index < -0.39 is 5.92 Å². The van der Waals surface area contributed by atoms with Crippen molar-refractivity contribution in [2.45, 2.75) is 57.4 Å². The number of aromatic nitrogens is 2. The van der Waals surface area contributed by atoms with Gasteiger partial charge in [-0.3, -0.25) is 4.79 Å². The maximum atomic E-state index is 13.1. The molecular weight excluding hydrogens is 268 g/mol. The molecule has 0 aromatic carbocycles. The first-order valence-electron chi connectivity index (χ1n) is 6.79. The van der Waals surface area contributed by atoms with E-state index >= 15 is 0 Å². The van der Waals surface area contributed by atoms with Crippen LogP contribution < -0.4 is 0 Å². The second-order valence-corrected chi connectivity index (χ2v) is 5.66.